The predicted molar refractivity (Wildman–Crippen MR) is 86.5 cm³/mol. The first-order valence-electron chi connectivity index (χ1n) is 6.74. The van der Waals surface area contributed by atoms with Gasteiger partial charge in [0.05, 0.1) is 6.61 Å². The summed E-state index contributed by atoms with van der Waals surface area (Å²) in [6, 6.07) is 8.48. The Balaban J connectivity index is 2.09. The number of aryl methyl sites for hydroxylation is 1. The number of aromatic nitrogens is 2. The molecular weight excluding hydrogens is 304 g/mol. The topological polar surface area (TPSA) is 76.1 Å². The second-order valence-corrected chi connectivity index (χ2v) is 5.00. The number of amides is 1. The molecule has 0 bridgehead atoms. The van der Waals surface area contributed by atoms with E-state index in [1.807, 2.05) is 0 Å². The Hall–Kier alpha value is -2.18. The maximum atomic E-state index is 12.2. The lowest BCUT2D eigenvalue weighted by molar-refractivity contribution is 0.102. The number of rotatable bonds is 6. The molecule has 2 N–H and O–H groups in total. The van der Waals surface area contributed by atoms with Gasteiger partial charge in [-0.2, -0.15) is 0 Å². The summed E-state index contributed by atoms with van der Waals surface area (Å²) in [5.74, 6) is 0.803. The molecule has 2 aromatic rings. The van der Waals surface area contributed by atoms with Crippen molar-refractivity contribution in [1.29, 1.82) is 0 Å². The third-order valence-electron chi connectivity index (χ3n) is 2.78. The van der Waals surface area contributed by atoms with Gasteiger partial charge >= 0.3 is 0 Å². The van der Waals surface area contributed by atoms with Crippen molar-refractivity contribution in [2.24, 2.45) is 0 Å². The van der Waals surface area contributed by atoms with Gasteiger partial charge in [0.15, 0.2) is 0 Å². The first-order valence-corrected chi connectivity index (χ1v) is 7.11. The van der Waals surface area contributed by atoms with Crippen LogP contribution in [0.1, 0.15) is 16.3 Å². The Morgan fingerprint density at radius 3 is 2.68 bits per heavy atom. The van der Waals surface area contributed by atoms with Crippen LogP contribution in [0.2, 0.25) is 5.02 Å². The van der Waals surface area contributed by atoms with Crippen molar-refractivity contribution in [3.63, 3.8) is 0 Å². The SMILES string of the molecule is COCCNc1cc(C(=O)Nc2ccc(Cl)cc2)nc(C)n1. The molecule has 116 valence electrons. The summed E-state index contributed by atoms with van der Waals surface area (Å²) in [5, 5.41) is 6.46. The van der Waals surface area contributed by atoms with Crippen LogP contribution in [-0.2, 0) is 4.74 Å². The Bertz CT molecular complexity index is 646. The maximum Gasteiger partial charge on any atom is 0.274 e. The maximum absolute atomic E-state index is 12.2. The lowest BCUT2D eigenvalue weighted by atomic mass is 10.3. The zero-order chi connectivity index (χ0) is 15.9. The van der Waals surface area contributed by atoms with Crippen molar-refractivity contribution in [3.05, 3.63) is 46.9 Å². The molecule has 0 saturated carbocycles. The van der Waals surface area contributed by atoms with E-state index >= 15 is 0 Å². The van der Waals surface area contributed by atoms with E-state index in [-0.39, 0.29) is 5.91 Å². The highest BCUT2D eigenvalue weighted by Crippen LogP contribution is 2.15. The molecule has 1 heterocycles. The highest BCUT2D eigenvalue weighted by atomic mass is 35.5. The van der Waals surface area contributed by atoms with E-state index in [9.17, 15) is 4.79 Å². The van der Waals surface area contributed by atoms with Gasteiger partial charge in [0.2, 0.25) is 0 Å². The minimum atomic E-state index is -0.303. The molecule has 2 rings (SSSR count). The Morgan fingerprint density at radius 2 is 2.00 bits per heavy atom. The summed E-state index contributed by atoms with van der Waals surface area (Å²) < 4.78 is 4.96. The van der Waals surface area contributed by atoms with Crippen molar-refractivity contribution in [2.75, 3.05) is 30.9 Å². The highest BCUT2D eigenvalue weighted by molar-refractivity contribution is 6.30. The summed E-state index contributed by atoms with van der Waals surface area (Å²) in [6.45, 7) is 2.89. The number of methoxy groups -OCH3 is 1. The van der Waals surface area contributed by atoms with Crippen molar-refractivity contribution >= 4 is 29.0 Å². The molecule has 0 aliphatic heterocycles. The summed E-state index contributed by atoms with van der Waals surface area (Å²) in [7, 11) is 1.62. The number of benzene rings is 1. The Kier molecular flexibility index (Phi) is 5.68. The number of nitrogens with zero attached hydrogens (tertiary/aromatic N) is 2. The summed E-state index contributed by atoms with van der Waals surface area (Å²) in [5.41, 5.74) is 0.946. The van der Waals surface area contributed by atoms with Gasteiger partial charge in [0.25, 0.3) is 5.91 Å². The van der Waals surface area contributed by atoms with Crippen LogP contribution in [0.4, 0.5) is 11.5 Å². The Labute approximate surface area is 133 Å². The second kappa shape index (κ2) is 7.72. The molecule has 0 spiro atoms. The molecule has 0 radical (unpaired) electrons. The third kappa shape index (κ3) is 4.68. The van der Waals surface area contributed by atoms with Crippen molar-refractivity contribution in [1.82, 2.24) is 9.97 Å². The quantitative estimate of drug-likeness (QED) is 0.800. The molecule has 22 heavy (non-hydrogen) atoms. The fraction of sp³-hybridized carbons (Fsp3) is 0.267. The number of hydrogen-bond donors (Lipinski definition) is 2. The van der Waals surface area contributed by atoms with Gasteiger partial charge in [0.1, 0.15) is 17.3 Å². The molecule has 0 fully saturated rings. The smallest absolute Gasteiger partial charge is 0.274 e. The van der Waals surface area contributed by atoms with Gasteiger partial charge in [-0.15, -0.1) is 0 Å². The largest absolute Gasteiger partial charge is 0.383 e. The van der Waals surface area contributed by atoms with Crippen LogP contribution in [0.25, 0.3) is 0 Å². The van der Waals surface area contributed by atoms with Crippen LogP contribution in [0.15, 0.2) is 30.3 Å². The van der Waals surface area contributed by atoms with Crippen LogP contribution in [0, 0.1) is 6.92 Å². The third-order valence-corrected chi connectivity index (χ3v) is 3.04. The van der Waals surface area contributed by atoms with Crippen molar-refractivity contribution in [2.45, 2.75) is 6.92 Å². The molecule has 1 aromatic heterocycles. The molecule has 1 amide bonds. The van der Waals surface area contributed by atoms with Crippen LogP contribution in [0.3, 0.4) is 0 Å². The van der Waals surface area contributed by atoms with E-state index in [0.717, 1.165) is 0 Å². The molecule has 0 unspecified atom stereocenters. The van der Waals surface area contributed by atoms with E-state index in [2.05, 4.69) is 20.6 Å². The second-order valence-electron chi connectivity index (χ2n) is 4.57. The molecule has 6 nitrogen and oxygen atoms in total. The highest BCUT2D eigenvalue weighted by Gasteiger charge is 2.11. The summed E-state index contributed by atoms with van der Waals surface area (Å²) in [4.78, 5) is 20.6. The first kappa shape index (κ1) is 16.2. The number of nitrogens with one attached hydrogen (secondary N) is 2. The van der Waals surface area contributed by atoms with Gasteiger partial charge in [-0.1, -0.05) is 11.6 Å². The van der Waals surface area contributed by atoms with E-state index in [1.54, 1.807) is 44.4 Å². The zero-order valence-electron chi connectivity index (χ0n) is 12.4. The van der Waals surface area contributed by atoms with Gasteiger partial charge in [0, 0.05) is 30.4 Å². The molecule has 7 heteroatoms. The number of anilines is 2. The lowest BCUT2D eigenvalue weighted by Gasteiger charge is -2.09. The number of halogens is 1. The Morgan fingerprint density at radius 1 is 1.27 bits per heavy atom. The number of carbonyl (C=O) groups excluding carboxylic acids is 1. The monoisotopic (exact) mass is 320 g/mol. The molecule has 1 aromatic carbocycles. The van der Waals surface area contributed by atoms with Crippen LogP contribution < -0.4 is 10.6 Å². The predicted octanol–water partition coefficient (Wildman–Crippen LogP) is 2.75. The van der Waals surface area contributed by atoms with E-state index in [0.29, 0.717) is 41.2 Å². The van der Waals surface area contributed by atoms with Crippen LogP contribution >= 0.6 is 11.6 Å². The normalized spacial score (nSPS) is 10.3. The fourth-order valence-electron chi connectivity index (χ4n) is 1.78. The van der Waals surface area contributed by atoms with Gasteiger partial charge in [-0.05, 0) is 31.2 Å². The van der Waals surface area contributed by atoms with Crippen LogP contribution in [0.5, 0.6) is 0 Å². The molecule has 0 atom stereocenters. The van der Waals surface area contributed by atoms with E-state index in [4.69, 9.17) is 16.3 Å². The molecular formula is C15H17ClN4O2. The lowest BCUT2D eigenvalue weighted by Crippen LogP contribution is -2.16. The number of ether oxygens (including phenoxy) is 1. The average Bonchev–Trinajstić information content (AvgIpc) is 2.49. The molecule has 0 aliphatic rings. The van der Waals surface area contributed by atoms with Crippen molar-refractivity contribution in [3.8, 4) is 0 Å². The van der Waals surface area contributed by atoms with Gasteiger partial charge < -0.3 is 15.4 Å². The number of carbonyl (C=O) groups is 1. The van der Waals surface area contributed by atoms with Crippen molar-refractivity contribution < 1.29 is 9.53 Å². The summed E-state index contributed by atoms with van der Waals surface area (Å²) >= 11 is 5.82. The zero-order valence-corrected chi connectivity index (χ0v) is 13.1. The van der Waals surface area contributed by atoms with Gasteiger partial charge in [-0.25, -0.2) is 9.97 Å². The average molecular weight is 321 g/mol. The summed E-state index contributed by atoms with van der Waals surface area (Å²) in [6.07, 6.45) is 0. The first-order chi connectivity index (χ1) is 10.6. The number of hydrogen-bond acceptors (Lipinski definition) is 5. The minimum absolute atomic E-state index is 0.294. The standard InChI is InChI=1S/C15H17ClN4O2/c1-10-18-13(9-14(19-10)17-7-8-22-2)15(21)20-12-5-3-11(16)4-6-12/h3-6,9H,7-8H2,1-2H3,(H,20,21)(H,17,18,19). The van der Waals surface area contributed by atoms with Gasteiger partial charge in [-0.3, -0.25) is 4.79 Å². The molecule has 0 saturated heterocycles. The minimum Gasteiger partial charge on any atom is -0.383 e. The van der Waals surface area contributed by atoms with Crippen LogP contribution in [-0.4, -0.2) is 36.1 Å². The fourth-order valence-corrected chi connectivity index (χ4v) is 1.91. The van der Waals surface area contributed by atoms with E-state index < -0.39 is 0 Å². The van der Waals surface area contributed by atoms with E-state index in [1.165, 1.54) is 0 Å². The molecule has 0 aliphatic carbocycles.